The van der Waals surface area contributed by atoms with Crippen molar-refractivity contribution in [3.8, 4) is 11.5 Å². The molecular formula is C14H20N2O4. The molecule has 2 N–H and O–H groups in total. The number of ether oxygens (including phenoxy) is 2. The average molecular weight is 280 g/mol. The van der Waals surface area contributed by atoms with Crippen molar-refractivity contribution < 1.29 is 19.1 Å². The van der Waals surface area contributed by atoms with Gasteiger partial charge in [0.25, 0.3) is 5.91 Å². The van der Waals surface area contributed by atoms with Crippen LogP contribution in [0.5, 0.6) is 11.5 Å². The van der Waals surface area contributed by atoms with Gasteiger partial charge in [0.05, 0.1) is 13.7 Å². The van der Waals surface area contributed by atoms with E-state index < -0.39 is 5.91 Å². The fraction of sp³-hybridized carbons (Fsp3) is 0.429. The SMILES string of the molecule is CCCC(=O)NNC(=O)c1ccc(OCC)c(OC)c1. The first-order valence-corrected chi connectivity index (χ1v) is 6.52. The van der Waals surface area contributed by atoms with E-state index in [9.17, 15) is 9.59 Å². The first kappa shape index (κ1) is 15.8. The van der Waals surface area contributed by atoms with Gasteiger partial charge < -0.3 is 9.47 Å². The number of benzene rings is 1. The van der Waals surface area contributed by atoms with Crippen LogP contribution in [0.25, 0.3) is 0 Å². The zero-order valence-electron chi connectivity index (χ0n) is 12.0. The first-order valence-electron chi connectivity index (χ1n) is 6.52. The maximum atomic E-state index is 11.9. The van der Waals surface area contributed by atoms with Crippen molar-refractivity contribution in [2.24, 2.45) is 0 Å². The van der Waals surface area contributed by atoms with Crippen molar-refractivity contribution in [2.45, 2.75) is 26.7 Å². The summed E-state index contributed by atoms with van der Waals surface area (Å²) in [6.45, 7) is 4.26. The Kier molecular flexibility index (Phi) is 6.36. The van der Waals surface area contributed by atoms with Crippen LogP contribution < -0.4 is 20.3 Å². The van der Waals surface area contributed by atoms with Gasteiger partial charge in [-0.1, -0.05) is 6.92 Å². The van der Waals surface area contributed by atoms with Crippen LogP contribution in [0, 0.1) is 0 Å². The molecule has 1 aromatic rings. The standard InChI is InChI=1S/C14H20N2O4/c1-4-6-13(17)15-16-14(18)10-7-8-11(20-5-2)12(9-10)19-3/h7-9H,4-6H2,1-3H3,(H,15,17)(H,16,18). The Morgan fingerprint density at radius 3 is 2.50 bits per heavy atom. The molecule has 0 unspecified atom stereocenters. The van der Waals surface area contributed by atoms with E-state index in [0.717, 1.165) is 6.42 Å². The lowest BCUT2D eigenvalue weighted by molar-refractivity contribution is -0.121. The lowest BCUT2D eigenvalue weighted by Gasteiger charge is -2.11. The molecule has 0 bridgehead atoms. The lowest BCUT2D eigenvalue weighted by atomic mass is 10.2. The van der Waals surface area contributed by atoms with Crippen LogP contribution in [-0.4, -0.2) is 25.5 Å². The van der Waals surface area contributed by atoms with Crippen LogP contribution >= 0.6 is 0 Å². The third kappa shape index (κ3) is 4.46. The number of hydrazine groups is 1. The zero-order valence-corrected chi connectivity index (χ0v) is 12.0. The topological polar surface area (TPSA) is 76.7 Å². The molecule has 0 saturated heterocycles. The summed E-state index contributed by atoms with van der Waals surface area (Å²) in [7, 11) is 1.50. The smallest absolute Gasteiger partial charge is 0.269 e. The molecule has 1 rings (SSSR count). The summed E-state index contributed by atoms with van der Waals surface area (Å²) in [6.07, 6.45) is 1.09. The highest BCUT2D eigenvalue weighted by Gasteiger charge is 2.11. The molecule has 2 amide bonds. The Morgan fingerprint density at radius 2 is 1.90 bits per heavy atom. The van der Waals surface area contributed by atoms with Crippen molar-refractivity contribution in [1.82, 2.24) is 10.9 Å². The monoisotopic (exact) mass is 280 g/mol. The molecule has 110 valence electrons. The molecule has 0 saturated carbocycles. The second-order valence-corrected chi connectivity index (χ2v) is 4.05. The number of hydrogen-bond donors (Lipinski definition) is 2. The van der Waals surface area contributed by atoms with Crippen molar-refractivity contribution in [3.05, 3.63) is 23.8 Å². The average Bonchev–Trinajstić information content (AvgIpc) is 2.45. The van der Waals surface area contributed by atoms with E-state index in [2.05, 4.69) is 10.9 Å². The van der Waals surface area contributed by atoms with Gasteiger partial charge >= 0.3 is 0 Å². The quantitative estimate of drug-likeness (QED) is 0.777. The Bertz CT molecular complexity index is 474. The van der Waals surface area contributed by atoms with E-state index in [0.29, 0.717) is 30.1 Å². The highest BCUT2D eigenvalue weighted by atomic mass is 16.5. The number of hydrogen-bond acceptors (Lipinski definition) is 4. The van der Waals surface area contributed by atoms with Gasteiger partial charge in [-0.15, -0.1) is 0 Å². The van der Waals surface area contributed by atoms with E-state index in [-0.39, 0.29) is 5.91 Å². The third-order valence-corrected chi connectivity index (χ3v) is 2.52. The van der Waals surface area contributed by atoms with Crippen LogP contribution in [0.15, 0.2) is 18.2 Å². The Labute approximate surface area is 118 Å². The summed E-state index contributed by atoms with van der Waals surface area (Å²) < 4.78 is 10.5. The molecule has 0 aliphatic rings. The molecule has 20 heavy (non-hydrogen) atoms. The molecule has 0 aliphatic carbocycles. The zero-order chi connectivity index (χ0) is 15.0. The molecule has 0 aliphatic heterocycles. The number of nitrogens with one attached hydrogen (secondary N) is 2. The normalized spacial score (nSPS) is 9.75. The molecule has 0 fully saturated rings. The Hall–Kier alpha value is -2.24. The minimum Gasteiger partial charge on any atom is -0.493 e. The second kappa shape index (κ2) is 8.04. The minimum absolute atomic E-state index is 0.223. The van der Waals surface area contributed by atoms with E-state index in [1.54, 1.807) is 18.2 Å². The van der Waals surface area contributed by atoms with Gasteiger partial charge in [0.15, 0.2) is 11.5 Å². The third-order valence-electron chi connectivity index (χ3n) is 2.52. The van der Waals surface area contributed by atoms with E-state index in [1.165, 1.54) is 7.11 Å². The second-order valence-electron chi connectivity index (χ2n) is 4.05. The van der Waals surface area contributed by atoms with Crippen molar-refractivity contribution in [3.63, 3.8) is 0 Å². The summed E-state index contributed by atoms with van der Waals surface area (Å²) in [5.41, 5.74) is 5.08. The largest absolute Gasteiger partial charge is 0.493 e. The molecule has 0 radical (unpaired) electrons. The first-order chi connectivity index (χ1) is 9.62. The number of amides is 2. The predicted octanol–water partition coefficient (Wildman–Crippen LogP) is 1.65. The summed E-state index contributed by atoms with van der Waals surface area (Å²) in [4.78, 5) is 23.1. The molecule has 0 heterocycles. The molecule has 6 heteroatoms. The highest BCUT2D eigenvalue weighted by molar-refractivity contribution is 5.96. The summed E-state index contributed by atoms with van der Waals surface area (Å²) >= 11 is 0. The van der Waals surface area contributed by atoms with Gasteiger partial charge in [0.2, 0.25) is 5.91 Å². The highest BCUT2D eigenvalue weighted by Crippen LogP contribution is 2.27. The Balaban J connectivity index is 2.71. The molecule has 6 nitrogen and oxygen atoms in total. The maximum Gasteiger partial charge on any atom is 0.269 e. The van der Waals surface area contributed by atoms with Gasteiger partial charge in [-0.05, 0) is 31.5 Å². The van der Waals surface area contributed by atoms with Gasteiger partial charge in [-0.25, -0.2) is 0 Å². The molecule has 0 atom stereocenters. The molecule has 0 spiro atoms. The predicted molar refractivity (Wildman–Crippen MR) is 74.7 cm³/mol. The van der Waals surface area contributed by atoms with Crippen LogP contribution in [0.4, 0.5) is 0 Å². The molecule has 0 aromatic heterocycles. The fourth-order valence-electron chi connectivity index (χ4n) is 1.57. The summed E-state index contributed by atoms with van der Waals surface area (Å²) in [5.74, 6) is 0.413. The van der Waals surface area contributed by atoms with E-state index in [1.807, 2.05) is 13.8 Å². The Morgan fingerprint density at radius 1 is 1.15 bits per heavy atom. The lowest BCUT2D eigenvalue weighted by Crippen LogP contribution is -2.41. The van der Waals surface area contributed by atoms with Crippen molar-refractivity contribution >= 4 is 11.8 Å². The minimum atomic E-state index is -0.407. The van der Waals surface area contributed by atoms with Crippen LogP contribution in [-0.2, 0) is 4.79 Å². The van der Waals surface area contributed by atoms with Gasteiger partial charge in [0, 0.05) is 12.0 Å². The van der Waals surface area contributed by atoms with Gasteiger partial charge in [0.1, 0.15) is 0 Å². The number of carbonyl (C=O) groups excluding carboxylic acids is 2. The molecule has 1 aromatic carbocycles. The van der Waals surface area contributed by atoms with Gasteiger partial charge in [-0.2, -0.15) is 0 Å². The van der Waals surface area contributed by atoms with E-state index >= 15 is 0 Å². The summed E-state index contributed by atoms with van der Waals surface area (Å²) in [6, 6.07) is 4.83. The van der Waals surface area contributed by atoms with Crippen molar-refractivity contribution in [2.75, 3.05) is 13.7 Å². The number of methoxy groups -OCH3 is 1. The van der Waals surface area contributed by atoms with Crippen LogP contribution in [0.2, 0.25) is 0 Å². The number of rotatable bonds is 6. The van der Waals surface area contributed by atoms with Crippen LogP contribution in [0.1, 0.15) is 37.0 Å². The van der Waals surface area contributed by atoms with Gasteiger partial charge in [-0.3, -0.25) is 20.4 Å². The maximum absolute atomic E-state index is 11.9. The molecular weight excluding hydrogens is 260 g/mol. The summed E-state index contributed by atoms with van der Waals surface area (Å²) in [5, 5.41) is 0. The number of carbonyl (C=O) groups is 2. The van der Waals surface area contributed by atoms with E-state index in [4.69, 9.17) is 9.47 Å². The van der Waals surface area contributed by atoms with Crippen molar-refractivity contribution in [1.29, 1.82) is 0 Å². The fourth-order valence-corrected chi connectivity index (χ4v) is 1.57. The van der Waals surface area contributed by atoms with Crippen LogP contribution in [0.3, 0.4) is 0 Å².